The summed E-state index contributed by atoms with van der Waals surface area (Å²) in [6, 6.07) is 9.36. The number of carbonyl (C=O) groups is 1. The van der Waals surface area contributed by atoms with Crippen LogP contribution in [0.1, 0.15) is 40.4 Å². The van der Waals surface area contributed by atoms with E-state index < -0.39 is 17.8 Å². The Morgan fingerprint density at radius 2 is 1.92 bits per heavy atom. The Kier molecular flexibility index (Phi) is 6.87. The Morgan fingerprint density at radius 3 is 2.62 bits per heavy atom. The zero-order chi connectivity index (χ0) is 25.9. The van der Waals surface area contributed by atoms with Gasteiger partial charge in [0.05, 0.1) is 42.6 Å². The van der Waals surface area contributed by atoms with Gasteiger partial charge in [0.15, 0.2) is 5.82 Å². The summed E-state index contributed by atoms with van der Waals surface area (Å²) in [6.07, 6.45) is 3.21. The molecule has 0 spiro atoms. The van der Waals surface area contributed by atoms with Gasteiger partial charge in [0.1, 0.15) is 17.5 Å². The molecule has 1 fully saturated rings. The van der Waals surface area contributed by atoms with Crippen LogP contribution in [0.25, 0.3) is 10.9 Å². The molecule has 190 valence electrons. The highest BCUT2D eigenvalue weighted by Gasteiger charge is 2.28. The number of rotatable bonds is 6. The van der Waals surface area contributed by atoms with Crippen molar-refractivity contribution >= 4 is 28.4 Å². The van der Waals surface area contributed by atoms with Crippen molar-refractivity contribution in [2.24, 2.45) is 0 Å². The van der Waals surface area contributed by atoms with E-state index in [1.165, 1.54) is 17.0 Å². The molecule has 11 heteroatoms. The van der Waals surface area contributed by atoms with Crippen molar-refractivity contribution in [2.45, 2.75) is 26.4 Å². The quantitative estimate of drug-likeness (QED) is 0.424. The molecule has 0 saturated carbocycles. The summed E-state index contributed by atoms with van der Waals surface area (Å²) < 4.78 is 20.6. The average molecular weight is 503 g/mol. The first-order valence-corrected chi connectivity index (χ1v) is 12.0. The molecule has 5 rings (SSSR count). The molecule has 1 saturated heterocycles. The fourth-order valence-corrected chi connectivity index (χ4v) is 4.26. The maximum Gasteiger partial charge on any atom is 0.257 e. The van der Waals surface area contributed by atoms with Crippen molar-refractivity contribution in [3.8, 4) is 0 Å². The molecule has 1 unspecified atom stereocenters. The number of aromatic nitrogens is 5. The van der Waals surface area contributed by atoms with Crippen molar-refractivity contribution in [2.75, 3.05) is 36.9 Å². The molecule has 10 nitrogen and oxygen atoms in total. The Bertz CT molecular complexity index is 1410. The molecule has 3 aromatic heterocycles. The normalized spacial score (nSPS) is 14.5. The van der Waals surface area contributed by atoms with E-state index in [0.717, 1.165) is 24.5 Å². The number of amides is 1. The van der Waals surface area contributed by atoms with Gasteiger partial charge in [-0.1, -0.05) is 0 Å². The van der Waals surface area contributed by atoms with Gasteiger partial charge in [0, 0.05) is 36.9 Å². The van der Waals surface area contributed by atoms with E-state index in [4.69, 9.17) is 10.5 Å². The van der Waals surface area contributed by atoms with Gasteiger partial charge in [-0.25, -0.2) is 19.3 Å². The second-order valence-corrected chi connectivity index (χ2v) is 8.91. The minimum absolute atomic E-state index is 0.0841. The van der Waals surface area contributed by atoms with Crippen molar-refractivity contribution in [3.63, 3.8) is 0 Å². The predicted molar refractivity (Wildman–Crippen MR) is 136 cm³/mol. The van der Waals surface area contributed by atoms with E-state index in [1.807, 2.05) is 19.1 Å². The molecule has 4 aromatic rings. The first kappa shape index (κ1) is 24.4. The van der Waals surface area contributed by atoms with Gasteiger partial charge in [0.25, 0.3) is 5.91 Å². The number of nitrogens with two attached hydrogens (primary N) is 1. The van der Waals surface area contributed by atoms with Crippen LogP contribution in [0.2, 0.25) is 0 Å². The van der Waals surface area contributed by atoms with Crippen LogP contribution in [-0.2, 0) is 11.3 Å². The lowest BCUT2D eigenvalue weighted by Gasteiger charge is -2.29. The lowest BCUT2D eigenvalue weighted by atomic mass is 10.1. The van der Waals surface area contributed by atoms with Crippen LogP contribution in [0.15, 0.2) is 48.8 Å². The van der Waals surface area contributed by atoms with Crippen molar-refractivity contribution < 1.29 is 13.9 Å². The number of ether oxygens (including phenoxy) is 1. The minimum atomic E-state index is -0.687. The first-order chi connectivity index (χ1) is 17.9. The van der Waals surface area contributed by atoms with Gasteiger partial charge in [-0.2, -0.15) is 5.10 Å². The fraction of sp³-hybridized carbons (Fsp3) is 0.308. The van der Waals surface area contributed by atoms with Crippen molar-refractivity contribution in [1.29, 1.82) is 0 Å². The maximum atomic E-state index is 15.2. The molecule has 1 aliphatic heterocycles. The number of nitrogens with zero attached hydrogens (tertiary/aromatic N) is 7. The predicted octanol–water partition coefficient (Wildman–Crippen LogP) is 3.08. The minimum Gasteiger partial charge on any atom is -0.383 e. The number of pyridine rings is 1. The molecular weight excluding hydrogens is 475 g/mol. The smallest absolute Gasteiger partial charge is 0.257 e. The van der Waals surface area contributed by atoms with Gasteiger partial charge >= 0.3 is 0 Å². The van der Waals surface area contributed by atoms with E-state index in [2.05, 4.69) is 30.0 Å². The second kappa shape index (κ2) is 10.4. The van der Waals surface area contributed by atoms with Gasteiger partial charge < -0.3 is 20.3 Å². The summed E-state index contributed by atoms with van der Waals surface area (Å²) in [4.78, 5) is 30.3. The number of morpholine rings is 1. The molecule has 4 heterocycles. The summed E-state index contributed by atoms with van der Waals surface area (Å²) in [5.74, 6) is 0.287. The summed E-state index contributed by atoms with van der Waals surface area (Å²) >= 11 is 0. The second-order valence-electron chi connectivity index (χ2n) is 8.91. The SMILES string of the molecule is Cc1cc2cc(C(=O)N(Cc3ccc(N4CCOCC4)nn3)C(C)c3ncccn3)c(F)cc2nc1N. The lowest BCUT2D eigenvalue weighted by Crippen LogP contribution is -2.37. The Morgan fingerprint density at radius 1 is 1.16 bits per heavy atom. The van der Waals surface area contributed by atoms with Crippen LogP contribution < -0.4 is 10.6 Å². The third-order valence-electron chi connectivity index (χ3n) is 6.42. The number of fused-ring (bicyclic) bond motifs is 1. The average Bonchev–Trinajstić information content (AvgIpc) is 2.93. The van der Waals surface area contributed by atoms with E-state index in [0.29, 0.717) is 41.5 Å². The maximum absolute atomic E-state index is 15.2. The Labute approximate surface area is 213 Å². The number of anilines is 2. The van der Waals surface area contributed by atoms with E-state index in [-0.39, 0.29) is 12.1 Å². The molecule has 1 aliphatic rings. The van der Waals surface area contributed by atoms with Crippen LogP contribution in [0, 0.1) is 12.7 Å². The largest absolute Gasteiger partial charge is 0.383 e. The molecule has 0 aliphatic carbocycles. The number of aryl methyl sites for hydroxylation is 1. The Hall–Kier alpha value is -4.25. The Balaban J connectivity index is 1.48. The fourth-order valence-electron chi connectivity index (χ4n) is 4.26. The highest BCUT2D eigenvalue weighted by atomic mass is 19.1. The molecule has 0 bridgehead atoms. The third kappa shape index (κ3) is 5.17. The number of benzene rings is 1. The number of carbonyl (C=O) groups excluding carboxylic acids is 1. The topological polar surface area (TPSA) is 123 Å². The highest BCUT2D eigenvalue weighted by molar-refractivity contribution is 5.98. The van der Waals surface area contributed by atoms with E-state index >= 15 is 4.39 Å². The van der Waals surface area contributed by atoms with Crippen molar-refractivity contribution in [3.05, 3.63) is 77.3 Å². The highest BCUT2D eigenvalue weighted by Crippen LogP contribution is 2.27. The zero-order valence-electron chi connectivity index (χ0n) is 20.6. The molecule has 2 N–H and O–H groups in total. The van der Waals surface area contributed by atoms with Crippen molar-refractivity contribution in [1.82, 2.24) is 30.0 Å². The number of hydrogen-bond acceptors (Lipinski definition) is 9. The molecule has 1 aromatic carbocycles. The lowest BCUT2D eigenvalue weighted by molar-refractivity contribution is 0.0658. The molecule has 1 atom stereocenters. The van der Waals surface area contributed by atoms with Crippen LogP contribution in [0.4, 0.5) is 16.0 Å². The van der Waals surface area contributed by atoms with Gasteiger partial charge in [0.2, 0.25) is 0 Å². The number of halogens is 1. The zero-order valence-corrected chi connectivity index (χ0v) is 20.6. The van der Waals surface area contributed by atoms with Crippen LogP contribution in [0.5, 0.6) is 0 Å². The third-order valence-corrected chi connectivity index (χ3v) is 6.42. The summed E-state index contributed by atoms with van der Waals surface area (Å²) in [5.41, 5.74) is 7.49. The molecule has 0 radical (unpaired) electrons. The first-order valence-electron chi connectivity index (χ1n) is 12.0. The van der Waals surface area contributed by atoms with Gasteiger partial charge in [-0.05, 0) is 49.7 Å². The number of hydrogen-bond donors (Lipinski definition) is 1. The number of nitrogen functional groups attached to an aromatic ring is 1. The van der Waals surface area contributed by atoms with Crippen LogP contribution in [0.3, 0.4) is 0 Å². The molecule has 37 heavy (non-hydrogen) atoms. The monoisotopic (exact) mass is 502 g/mol. The van der Waals surface area contributed by atoms with E-state index in [1.54, 1.807) is 31.5 Å². The van der Waals surface area contributed by atoms with Gasteiger partial charge in [-0.15, -0.1) is 5.10 Å². The molecular formula is C26H27FN8O2. The summed E-state index contributed by atoms with van der Waals surface area (Å²) in [6.45, 7) is 6.45. The summed E-state index contributed by atoms with van der Waals surface area (Å²) in [5, 5.41) is 9.33. The van der Waals surface area contributed by atoms with E-state index in [9.17, 15) is 4.79 Å². The van der Waals surface area contributed by atoms with Gasteiger partial charge in [-0.3, -0.25) is 4.79 Å². The standard InChI is InChI=1S/C26H27FN8O2/c1-16-12-18-13-20(21(27)14-22(18)31-24(16)28)26(36)35(17(2)25-29-6-3-7-30-25)15-19-4-5-23(33-32-19)34-8-10-37-11-9-34/h3-7,12-14,17H,8-11,15H2,1-2H3,(H2,28,31). The van der Waals surface area contributed by atoms with Crippen LogP contribution in [-0.4, -0.2) is 62.3 Å². The molecule has 1 amide bonds. The summed E-state index contributed by atoms with van der Waals surface area (Å²) in [7, 11) is 0. The van der Waals surface area contributed by atoms with Crippen LogP contribution >= 0.6 is 0 Å².